The Balaban J connectivity index is 0.000000196. The maximum atomic E-state index is 4.85. The van der Waals surface area contributed by atoms with Gasteiger partial charge in [-0.25, -0.2) is 0 Å². The average Bonchev–Trinajstić information content (AvgIpc) is 2.85. The Labute approximate surface area is 198 Å². The van der Waals surface area contributed by atoms with Crippen molar-refractivity contribution in [2.75, 3.05) is 0 Å². The van der Waals surface area contributed by atoms with E-state index in [-0.39, 0.29) is 15.1 Å². The zero-order chi connectivity index (χ0) is 22.0. The van der Waals surface area contributed by atoms with E-state index in [9.17, 15) is 0 Å². The summed E-state index contributed by atoms with van der Waals surface area (Å²) >= 11 is -0.346. The molecule has 4 nitrogen and oxygen atoms in total. The van der Waals surface area contributed by atoms with E-state index in [2.05, 4.69) is 20.0 Å². The minimum atomic E-state index is -0.346. The van der Waals surface area contributed by atoms with Crippen LogP contribution in [0.1, 0.15) is 11.4 Å². The molecule has 0 unspecified atom stereocenters. The summed E-state index contributed by atoms with van der Waals surface area (Å²) in [5.74, 6) is 0. The van der Waals surface area contributed by atoms with Gasteiger partial charge in [0.2, 0.25) is 0 Å². The van der Waals surface area contributed by atoms with Gasteiger partial charge in [-0.1, -0.05) is 48.5 Å². The predicted octanol–water partition coefficient (Wildman–Crippen LogP) is 7.04. The Morgan fingerprint density at radius 2 is 0.903 bits per heavy atom. The van der Waals surface area contributed by atoms with Crippen LogP contribution in [-0.2, 0) is 15.1 Å². The molecular weight excluding hydrogens is 516 g/mol. The van der Waals surface area contributed by atoms with E-state index in [1.807, 2.05) is 97.1 Å². The monoisotopic (exact) mass is 536 g/mol. The van der Waals surface area contributed by atoms with Crippen LogP contribution in [0.4, 0.5) is 11.4 Å². The SMILES string of the molecule is C(=Nc1ccccc1)c1ccccn1.C(=Nc1ccccc1)c1ccccn1.[Cl][Ru][Cl]. The molecule has 0 bridgehead atoms. The fourth-order valence-electron chi connectivity index (χ4n) is 2.21. The van der Waals surface area contributed by atoms with Crippen molar-refractivity contribution >= 4 is 43.2 Å². The second-order valence-electron chi connectivity index (χ2n) is 5.75. The Hall–Kier alpha value is -2.72. The number of aromatic nitrogens is 2. The van der Waals surface area contributed by atoms with Crippen LogP contribution in [0.25, 0.3) is 0 Å². The third-order valence-electron chi connectivity index (χ3n) is 3.58. The van der Waals surface area contributed by atoms with Crippen molar-refractivity contribution < 1.29 is 15.1 Å². The number of hydrogen-bond donors (Lipinski definition) is 0. The molecule has 4 aromatic rings. The summed E-state index contributed by atoms with van der Waals surface area (Å²) < 4.78 is 0. The fourth-order valence-corrected chi connectivity index (χ4v) is 2.21. The minimum absolute atomic E-state index is 0.346. The van der Waals surface area contributed by atoms with Crippen LogP contribution in [0.5, 0.6) is 0 Å². The molecule has 2 heterocycles. The van der Waals surface area contributed by atoms with Gasteiger partial charge < -0.3 is 0 Å². The number of para-hydroxylation sites is 2. The van der Waals surface area contributed by atoms with E-state index in [4.69, 9.17) is 19.4 Å². The van der Waals surface area contributed by atoms with E-state index < -0.39 is 0 Å². The molecule has 0 N–H and O–H groups in total. The molecule has 31 heavy (non-hydrogen) atoms. The molecule has 2 aromatic heterocycles. The van der Waals surface area contributed by atoms with Crippen molar-refractivity contribution in [3.05, 3.63) is 121 Å². The molecule has 2 aromatic carbocycles. The summed E-state index contributed by atoms with van der Waals surface area (Å²) in [5.41, 5.74) is 3.63. The number of nitrogens with zero attached hydrogens (tertiary/aromatic N) is 4. The zero-order valence-electron chi connectivity index (χ0n) is 16.4. The summed E-state index contributed by atoms with van der Waals surface area (Å²) in [7, 11) is 9.71. The van der Waals surface area contributed by atoms with Crippen molar-refractivity contribution in [3.63, 3.8) is 0 Å². The molecule has 0 fully saturated rings. The van der Waals surface area contributed by atoms with Gasteiger partial charge in [-0.15, -0.1) is 0 Å². The number of halogens is 2. The molecule has 0 aliphatic carbocycles. The van der Waals surface area contributed by atoms with Crippen molar-refractivity contribution in [3.8, 4) is 0 Å². The van der Waals surface area contributed by atoms with E-state index in [0.29, 0.717) is 0 Å². The van der Waals surface area contributed by atoms with Crippen LogP contribution < -0.4 is 0 Å². The Bertz CT molecular complexity index is 848. The molecular formula is C24H20Cl2N4Ru. The Morgan fingerprint density at radius 3 is 1.23 bits per heavy atom. The molecule has 0 aliphatic rings. The van der Waals surface area contributed by atoms with Gasteiger partial charge in [0.25, 0.3) is 0 Å². The zero-order valence-corrected chi connectivity index (χ0v) is 19.7. The number of pyridine rings is 2. The van der Waals surface area contributed by atoms with E-state index in [1.165, 1.54) is 0 Å². The van der Waals surface area contributed by atoms with Crippen molar-refractivity contribution in [2.24, 2.45) is 9.98 Å². The van der Waals surface area contributed by atoms with Gasteiger partial charge in [-0.05, 0) is 48.5 Å². The topological polar surface area (TPSA) is 50.5 Å². The molecule has 158 valence electrons. The third kappa shape index (κ3) is 11.3. The summed E-state index contributed by atoms with van der Waals surface area (Å²) in [6, 6.07) is 31.1. The molecule has 0 radical (unpaired) electrons. The van der Waals surface area contributed by atoms with Gasteiger partial charge in [0.1, 0.15) is 0 Å². The molecule has 0 aliphatic heterocycles. The molecule has 0 amide bonds. The Kier molecular flexibility index (Phi) is 12.7. The Morgan fingerprint density at radius 1 is 0.548 bits per heavy atom. The molecule has 0 saturated heterocycles. The molecule has 4 rings (SSSR count). The van der Waals surface area contributed by atoms with Gasteiger partial charge in [-0.2, -0.15) is 0 Å². The van der Waals surface area contributed by atoms with Gasteiger partial charge >= 0.3 is 34.5 Å². The second kappa shape index (κ2) is 16.0. The summed E-state index contributed by atoms with van der Waals surface area (Å²) in [5, 5.41) is 0. The molecule has 0 saturated carbocycles. The van der Waals surface area contributed by atoms with Crippen LogP contribution in [-0.4, -0.2) is 22.4 Å². The second-order valence-corrected chi connectivity index (χ2v) is 8.39. The number of rotatable bonds is 4. The first-order valence-corrected chi connectivity index (χ1v) is 13.6. The summed E-state index contributed by atoms with van der Waals surface area (Å²) in [4.78, 5) is 16.9. The van der Waals surface area contributed by atoms with E-state index in [0.717, 1.165) is 22.8 Å². The normalized spacial score (nSPS) is 10.3. The van der Waals surface area contributed by atoms with E-state index >= 15 is 0 Å². The third-order valence-corrected chi connectivity index (χ3v) is 3.58. The molecule has 0 spiro atoms. The summed E-state index contributed by atoms with van der Waals surface area (Å²) in [6.45, 7) is 0. The molecule has 0 atom stereocenters. The van der Waals surface area contributed by atoms with Crippen molar-refractivity contribution in [1.29, 1.82) is 0 Å². The number of benzene rings is 2. The fraction of sp³-hybridized carbons (Fsp3) is 0. The number of aliphatic imine (C=N–C) groups is 2. The standard InChI is InChI=1S/2C12H10N2.2ClH.Ru/c2*1-2-6-11(7-3-1)14-10-12-8-4-5-9-13-12;;;/h2*1-10H;2*1H;/q;;;;+2/p-2. The van der Waals surface area contributed by atoms with Crippen molar-refractivity contribution in [1.82, 2.24) is 9.97 Å². The average molecular weight is 536 g/mol. The van der Waals surface area contributed by atoms with Crippen LogP contribution >= 0.6 is 19.4 Å². The molecule has 7 heteroatoms. The van der Waals surface area contributed by atoms with Gasteiger partial charge in [0.05, 0.1) is 35.2 Å². The maximum absolute atomic E-state index is 4.85. The van der Waals surface area contributed by atoms with Gasteiger partial charge in [-0.3, -0.25) is 20.0 Å². The summed E-state index contributed by atoms with van der Waals surface area (Å²) in [6.07, 6.45) is 7.03. The first-order valence-electron chi connectivity index (χ1n) is 9.17. The number of hydrogen-bond acceptors (Lipinski definition) is 4. The van der Waals surface area contributed by atoms with Crippen LogP contribution in [0.3, 0.4) is 0 Å². The van der Waals surface area contributed by atoms with Gasteiger partial charge in [0.15, 0.2) is 0 Å². The van der Waals surface area contributed by atoms with Gasteiger partial charge in [0, 0.05) is 12.4 Å². The van der Waals surface area contributed by atoms with Crippen LogP contribution in [0, 0.1) is 0 Å². The first-order chi connectivity index (χ1) is 15.3. The van der Waals surface area contributed by atoms with Crippen LogP contribution in [0.2, 0.25) is 0 Å². The van der Waals surface area contributed by atoms with E-state index in [1.54, 1.807) is 24.8 Å². The first kappa shape index (κ1) is 24.6. The van der Waals surface area contributed by atoms with Crippen molar-refractivity contribution in [2.45, 2.75) is 0 Å². The van der Waals surface area contributed by atoms with Crippen LogP contribution in [0.15, 0.2) is 119 Å². The quantitative estimate of drug-likeness (QED) is 0.208. The predicted molar refractivity (Wildman–Crippen MR) is 128 cm³/mol.